The van der Waals surface area contributed by atoms with Crippen molar-refractivity contribution in [2.75, 3.05) is 0 Å². The van der Waals surface area contributed by atoms with Crippen molar-refractivity contribution < 1.29 is 9.59 Å². The van der Waals surface area contributed by atoms with E-state index in [0.717, 1.165) is 17.5 Å². The molecule has 2 aromatic rings. The van der Waals surface area contributed by atoms with Gasteiger partial charge in [0.1, 0.15) is 11.3 Å². The molecule has 146 valence electrons. The summed E-state index contributed by atoms with van der Waals surface area (Å²) in [5.74, 6) is 0.897. The standard InChI is InChI=1S/C21H30N4O2/c1-13(2)18(12-25-19-9-7-6-8-17(19)23-24-25)22-20(27)11-15-10-16(14(3)26)21(15,4)5/h6-9,13,15-16,18H,10-12H2,1-5H3,(H,22,27)/t15?,16?,18-/m0/s1. The molecule has 2 unspecified atom stereocenters. The number of benzene rings is 1. The summed E-state index contributed by atoms with van der Waals surface area (Å²) in [6.07, 6.45) is 1.29. The number of nitrogens with one attached hydrogen (secondary N) is 1. The highest BCUT2D eigenvalue weighted by Gasteiger charge is 2.50. The fourth-order valence-electron chi connectivity index (χ4n) is 4.20. The third-order valence-corrected chi connectivity index (χ3v) is 6.33. The molecule has 1 heterocycles. The molecular formula is C21H30N4O2. The SMILES string of the molecule is CC(=O)C1CC(CC(=O)N[C@@H](Cn2nnc3ccccc32)C(C)C)C1(C)C. The van der Waals surface area contributed by atoms with Crippen LogP contribution in [0.3, 0.4) is 0 Å². The van der Waals surface area contributed by atoms with E-state index in [4.69, 9.17) is 0 Å². The molecule has 1 aromatic carbocycles. The number of hydrogen-bond donors (Lipinski definition) is 1. The maximum Gasteiger partial charge on any atom is 0.220 e. The van der Waals surface area contributed by atoms with Crippen LogP contribution < -0.4 is 5.32 Å². The third kappa shape index (κ3) is 3.89. The average Bonchev–Trinajstić information content (AvgIpc) is 3.00. The highest BCUT2D eigenvalue weighted by atomic mass is 16.1. The fraction of sp³-hybridized carbons (Fsp3) is 0.619. The number of Topliss-reactive ketones (excluding diaryl/α,β-unsaturated/α-hetero) is 1. The molecule has 0 aliphatic heterocycles. The van der Waals surface area contributed by atoms with Crippen LogP contribution in [0.15, 0.2) is 24.3 Å². The van der Waals surface area contributed by atoms with Crippen LogP contribution in [-0.2, 0) is 16.1 Å². The minimum absolute atomic E-state index is 0.0191. The molecule has 3 atom stereocenters. The zero-order valence-electron chi connectivity index (χ0n) is 16.9. The molecule has 0 radical (unpaired) electrons. The maximum atomic E-state index is 12.7. The van der Waals surface area contributed by atoms with Crippen molar-refractivity contribution in [2.45, 2.75) is 60.0 Å². The second kappa shape index (κ2) is 7.41. The monoisotopic (exact) mass is 370 g/mol. The van der Waals surface area contributed by atoms with Gasteiger partial charge in [-0.25, -0.2) is 4.68 Å². The number of carbonyl (C=O) groups is 2. The summed E-state index contributed by atoms with van der Waals surface area (Å²) in [4.78, 5) is 24.4. The molecule has 1 N–H and O–H groups in total. The Bertz CT molecular complexity index is 840. The van der Waals surface area contributed by atoms with E-state index in [2.05, 4.69) is 43.3 Å². The predicted octanol–water partition coefficient (Wildman–Crippen LogP) is 3.21. The minimum Gasteiger partial charge on any atom is -0.351 e. The van der Waals surface area contributed by atoms with Crippen LogP contribution in [0.2, 0.25) is 0 Å². The van der Waals surface area contributed by atoms with Crippen LogP contribution in [0.4, 0.5) is 0 Å². The van der Waals surface area contributed by atoms with Crippen molar-refractivity contribution in [3.8, 4) is 0 Å². The summed E-state index contributed by atoms with van der Waals surface area (Å²) in [6, 6.07) is 7.82. The first-order valence-corrected chi connectivity index (χ1v) is 9.78. The highest BCUT2D eigenvalue weighted by molar-refractivity contribution is 5.81. The number of amides is 1. The molecule has 1 saturated carbocycles. The van der Waals surface area contributed by atoms with E-state index in [0.29, 0.717) is 13.0 Å². The van der Waals surface area contributed by atoms with E-state index >= 15 is 0 Å². The van der Waals surface area contributed by atoms with E-state index in [9.17, 15) is 9.59 Å². The lowest BCUT2D eigenvalue weighted by molar-refractivity contribution is -0.141. The summed E-state index contributed by atoms with van der Waals surface area (Å²) in [7, 11) is 0. The average molecular weight is 370 g/mol. The van der Waals surface area contributed by atoms with Crippen LogP contribution in [0.25, 0.3) is 11.0 Å². The molecular weight excluding hydrogens is 340 g/mol. The zero-order valence-corrected chi connectivity index (χ0v) is 16.9. The van der Waals surface area contributed by atoms with Crippen molar-refractivity contribution in [2.24, 2.45) is 23.2 Å². The van der Waals surface area contributed by atoms with Crippen molar-refractivity contribution in [3.63, 3.8) is 0 Å². The molecule has 1 fully saturated rings. The lowest BCUT2D eigenvalue weighted by Gasteiger charge is -2.51. The number of para-hydroxylation sites is 1. The molecule has 6 heteroatoms. The van der Waals surface area contributed by atoms with Crippen LogP contribution in [-0.4, -0.2) is 32.7 Å². The number of hydrogen-bond acceptors (Lipinski definition) is 4. The van der Waals surface area contributed by atoms with Crippen LogP contribution >= 0.6 is 0 Å². The summed E-state index contributed by atoms with van der Waals surface area (Å²) in [5.41, 5.74) is 1.73. The van der Waals surface area contributed by atoms with Gasteiger partial charge >= 0.3 is 0 Å². The summed E-state index contributed by atoms with van der Waals surface area (Å²) in [5, 5.41) is 11.6. The van der Waals surface area contributed by atoms with E-state index < -0.39 is 0 Å². The maximum absolute atomic E-state index is 12.7. The van der Waals surface area contributed by atoms with Gasteiger partial charge in [-0.2, -0.15) is 0 Å². The van der Waals surface area contributed by atoms with Gasteiger partial charge < -0.3 is 5.32 Å². The summed E-state index contributed by atoms with van der Waals surface area (Å²) < 4.78 is 1.86. The Morgan fingerprint density at radius 1 is 1.30 bits per heavy atom. The molecule has 0 spiro atoms. The smallest absolute Gasteiger partial charge is 0.220 e. The third-order valence-electron chi connectivity index (χ3n) is 6.33. The fourth-order valence-corrected chi connectivity index (χ4v) is 4.20. The Kier molecular flexibility index (Phi) is 5.36. The largest absolute Gasteiger partial charge is 0.351 e. The Hall–Kier alpha value is -2.24. The van der Waals surface area contributed by atoms with Gasteiger partial charge in [-0.05, 0) is 42.7 Å². The quantitative estimate of drug-likeness (QED) is 0.812. The Balaban J connectivity index is 1.63. The second-order valence-corrected chi connectivity index (χ2v) is 8.80. The van der Waals surface area contributed by atoms with E-state index in [1.165, 1.54) is 0 Å². The normalized spacial score (nSPS) is 22.4. The van der Waals surface area contributed by atoms with Gasteiger partial charge in [-0.3, -0.25) is 9.59 Å². The van der Waals surface area contributed by atoms with Gasteiger partial charge in [0.15, 0.2) is 0 Å². The van der Waals surface area contributed by atoms with Crippen LogP contribution in [0.5, 0.6) is 0 Å². The molecule has 3 rings (SSSR count). The minimum atomic E-state index is -0.0986. The molecule has 1 aromatic heterocycles. The van der Waals surface area contributed by atoms with Crippen molar-refractivity contribution >= 4 is 22.7 Å². The highest BCUT2D eigenvalue weighted by Crippen LogP contribution is 2.53. The number of ketones is 1. The molecule has 0 bridgehead atoms. The summed E-state index contributed by atoms with van der Waals surface area (Å²) in [6.45, 7) is 10.6. The molecule has 0 saturated heterocycles. The molecule has 6 nitrogen and oxygen atoms in total. The van der Waals surface area contributed by atoms with Gasteiger partial charge in [0.05, 0.1) is 18.1 Å². The van der Waals surface area contributed by atoms with Crippen molar-refractivity contribution in [1.82, 2.24) is 20.3 Å². The topological polar surface area (TPSA) is 76.9 Å². The number of aromatic nitrogens is 3. The lowest BCUT2D eigenvalue weighted by atomic mass is 9.52. The van der Waals surface area contributed by atoms with Gasteiger partial charge in [-0.1, -0.05) is 45.0 Å². The molecule has 1 amide bonds. The van der Waals surface area contributed by atoms with E-state index in [-0.39, 0.29) is 40.9 Å². The molecule has 1 aliphatic rings. The number of nitrogens with zero attached hydrogens (tertiary/aromatic N) is 3. The molecule has 1 aliphatic carbocycles. The first-order chi connectivity index (χ1) is 12.7. The Labute approximate surface area is 160 Å². The Morgan fingerprint density at radius 3 is 2.63 bits per heavy atom. The van der Waals surface area contributed by atoms with Gasteiger partial charge in [-0.15, -0.1) is 5.10 Å². The zero-order chi connectivity index (χ0) is 19.8. The summed E-state index contributed by atoms with van der Waals surface area (Å²) >= 11 is 0. The van der Waals surface area contributed by atoms with Gasteiger partial charge in [0, 0.05) is 12.3 Å². The van der Waals surface area contributed by atoms with E-state index in [1.54, 1.807) is 6.92 Å². The Morgan fingerprint density at radius 2 is 2.00 bits per heavy atom. The van der Waals surface area contributed by atoms with E-state index in [1.807, 2.05) is 28.9 Å². The van der Waals surface area contributed by atoms with Crippen LogP contribution in [0, 0.1) is 23.2 Å². The lowest BCUT2D eigenvalue weighted by Crippen LogP contribution is -2.51. The number of rotatable bonds is 7. The second-order valence-electron chi connectivity index (χ2n) is 8.80. The first-order valence-electron chi connectivity index (χ1n) is 9.78. The van der Waals surface area contributed by atoms with Gasteiger partial charge in [0.2, 0.25) is 5.91 Å². The van der Waals surface area contributed by atoms with Gasteiger partial charge in [0.25, 0.3) is 0 Å². The predicted molar refractivity (Wildman–Crippen MR) is 105 cm³/mol. The first kappa shape index (κ1) is 19.5. The number of carbonyl (C=O) groups excluding carboxylic acids is 2. The van der Waals surface area contributed by atoms with Crippen molar-refractivity contribution in [3.05, 3.63) is 24.3 Å². The van der Waals surface area contributed by atoms with Crippen LogP contribution in [0.1, 0.15) is 47.5 Å². The van der Waals surface area contributed by atoms with Crippen molar-refractivity contribution in [1.29, 1.82) is 0 Å². The molecule has 27 heavy (non-hydrogen) atoms. The number of fused-ring (bicyclic) bond motifs is 1.